The molecule has 0 aliphatic carbocycles. The molecule has 3 N–H and O–H groups in total. The Morgan fingerprint density at radius 3 is 2.85 bits per heavy atom. The van der Waals surface area contributed by atoms with Crippen molar-refractivity contribution in [2.75, 3.05) is 11.1 Å². The minimum Gasteiger partial charge on any atom is -0.384 e. The van der Waals surface area contributed by atoms with Gasteiger partial charge in [0.1, 0.15) is 5.82 Å². The van der Waals surface area contributed by atoms with Crippen LogP contribution < -0.4 is 11.1 Å². The van der Waals surface area contributed by atoms with Crippen molar-refractivity contribution >= 4 is 33.3 Å². The summed E-state index contributed by atoms with van der Waals surface area (Å²) >= 11 is 3.44. The van der Waals surface area contributed by atoms with E-state index in [2.05, 4.69) is 38.4 Å². The van der Waals surface area contributed by atoms with Crippen LogP contribution in [-0.4, -0.2) is 10.9 Å². The number of aromatic nitrogens is 1. The monoisotopic (exact) mass is 333 g/mol. The number of nitrogens with two attached hydrogens (primary N) is 1. The predicted octanol–water partition coefficient (Wildman–Crippen LogP) is 3.39. The molecule has 20 heavy (non-hydrogen) atoms. The molecule has 1 amide bonds. The second-order valence-corrected chi connectivity index (χ2v) is 5.42. The van der Waals surface area contributed by atoms with E-state index < -0.39 is 0 Å². The van der Waals surface area contributed by atoms with Crippen LogP contribution in [0.5, 0.6) is 0 Å². The maximum atomic E-state index is 11.8. The van der Waals surface area contributed by atoms with Gasteiger partial charge >= 0.3 is 0 Å². The number of hydrogen-bond donors (Lipinski definition) is 2. The quantitative estimate of drug-likeness (QED) is 0.881. The van der Waals surface area contributed by atoms with Crippen molar-refractivity contribution in [3.63, 3.8) is 0 Å². The van der Waals surface area contributed by atoms with Gasteiger partial charge in [-0.2, -0.15) is 0 Å². The smallest absolute Gasteiger partial charge is 0.224 e. The zero-order chi connectivity index (χ0) is 14.4. The Bertz CT molecular complexity index is 584. The summed E-state index contributed by atoms with van der Waals surface area (Å²) in [4.78, 5) is 15.7. The van der Waals surface area contributed by atoms with Gasteiger partial charge in [-0.3, -0.25) is 4.79 Å². The van der Waals surface area contributed by atoms with Gasteiger partial charge in [-0.1, -0.05) is 28.1 Å². The summed E-state index contributed by atoms with van der Waals surface area (Å²) in [6.45, 7) is 0. The minimum atomic E-state index is -0.00781. The van der Waals surface area contributed by atoms with Crippen LogP contribution in [0.4, 0.5) is 11.5 Å². The second-order valence-electron chi connectivity index (χ2n) is 4.50. The molecule has 0 aliphatic heterocycles. The van der Waals surface area contributed by atoms with Gasteiger partial charge in [0, 0.05) is 10.9 Å². The fraction of sp³-hybridized carbons (Fsp3) is 0.200. The highest BCUT2D eigenvalue weighted by Gasteiger charge is 2.03. The van der Waals surface area contributed by atoms with Crippen molar-refractivity contribution in [2.24, 2.45) is 0 Å². The van der Waals surface area contributed by atoms with Crippen molar-refractivity contribution in [1.29, 1.82) is 0 Å². The van der Waals surface area contributed by atoms with Crippen LogP contribution in [0.25, 0.3) is 0 Å². The van der Waals surface area contributed by atoms with Crippen molar-refractivity contribution < 1.29 is 4.79 Å². The number of aryl methyl sites for hydroxylation is 1. The molecule has 4 nitrogen and oxygen atoms in total. The standard InChI is InChI=1S/C15H16BrN3O/c16-12-5-1-3-11(9-12)4-2-6-15(20)19-13-7-8-14(17)18-10-13/h1,3,5,7-10H,2,4,6H2,(H2,17,18)(H,19,20). The van der Waals surface area contributed by atoms with Crippen molar-refractivity contribution in [3.8, 4) is 0 Å². The first kappa shape index (κ1) is 14.5. The maximum Gasteiger partial charge on any atom is 0.224 e. The van der Waals surface area contributed by atoms with Gasteiger partial charge in [-0.05, 0) is 42.7 Å². The Kier molecular flexibility index (Phi) is 5.12. The van der Waals surface area contributed by atoms with Gasteiger partial charge < -0.3 is 11.1 Å². The highest BCUT2D eigenvalue weighted by molar-refractivity contribution is 9.10. The van der Waals surface area contributed by atoms with Gasteiger partial charge in [-0.15, -0.1) is 0 Å². The third kappa shape index (κ3) is 4.66. The average Bonchev–Trinajstić information content (AvgIpc) is 2.41. The van der Waals surface area contributed by atoms with Gasteiger partial charge in [0.25, 0.3) is 0 Å². The highest BCUT2D eigenvalue weighted by atomic mass is 79.9. The van der Waals surface area contributed by atoms with Gasteiger partial charge in [-0.25, -0.2) is 4.98 Å². The van der Waals surface area contributed by atoms with Crippen LogP contribution in [0.15, 0.2) is 47.1 Å². The molecule has 2 aromatic rings. The number of amides is 1. The van der Waals surface area contributed by atoms with Crippen LogP contribution >= 0.6 is 15.9 Å². The van der Waals surface area contributed by atoms with E-state index in [1.54, 1.807) is 18.3 Å². The molecule has 1 heterocycles. The van der Waals surface area contributed by atoms with E-state index in [0.29, 0.717) is 17.9 Å². The first-order valence-electron chi connectivity index (χ1n) is 6.39. The van der Waals surface area contributed by atoms with E-state index in [9.17, 15) is 4.79 Å². The molecule has 0 saturated carbocycles. The normalized spacial score (nSPS) is 10.2. The molecule has 0 saturated heterocycles. The molecule has 104 valence electrons. The van der Waals surface area contributed by atoms with Crippen molar-refractivity contribution in [2.45, 2.75) is 19.3 Å². The third-order valence-electron chi connectivity index (χ3n) is 2.83. The first-order valence-corrected chi connectivity index (χ1v) is 7.18. The van der Waals surface area contributed by atoms with Crippen LogP contribution in [0.2, 0.25) is 0 Å². The molecule has 0 aliphatic rings. The number of anilines is 2. The largest absolute Gasteiger partial charge is 0.384 e. The number of benzene rings is 1. The Hall–Kier alpha value is -1.88. The number of nitrogens with zero attached hydrogens (tertiary/aromatic N) is 1. The summed E-state index contributed by atoms with van der Waals surface area (Å²) in [7, 11) is 0. The number of halogens is 1. The van der Waals surface area contributed by atoms with E-state index in [-0.39, 0.29) is 5.91 Å². The molecule has 0 atom stereocenters. The fourth-order valence-corrected chi connectivity index (χ4v) is 2.29. The number of hydrogen-bond acceptors (Lipinski definition) is 3. The number of pyridine rings is 1. The lowest BCUT2D eigenvalue weighted by atomic mass is 10.1. The molecule has 1 aromatic heterocycles. The molecule has 1 aromatic carbocycles. The van der Waals surface area contributed by atoms with E-state index >= 15 is 0 Å². The average molecular weight is 334 g/mol. The van der Waals surface area contributed by atoms with Crippen LogP contribution in [0.1, 0.15) is 18.4 Å². The number of nitrogens with one attached hydrogen (secondary N) is 1. The zero-order valence-corrected chi connectivity index (χ0v) is 12.6. The Morgan fingerprint density at radius 2 is 2.15 bits per heavy atom. The summed E-state index contributed by atoms with van der Waals surface area (Å²) in [6, 6.07) is 11.5. The summed E-state index contributed by atoms with van der Waals surface area (Å²) < 4.78 is 1.06. The molecular weight excluding hydrogens is 318 g/mol. The van der Waals surface area contributed by atoms with E-state index in [0.717, 1.165) is 17.3 Å². The lowest BCUT2D eigenvalue weighted by Gasteiger charge is -2.05. The lowest BCUT2D eigenvalue weighted by molar-refractivity contribution is -0.116. The summed E-state index contributed by atoms with van der Waals surface area (Å²) in [5.41, 5.74) is 7.38. The van der Waals surface area contributed by atoms with Crippen molar-refractivity contribution in [1.82, 2.24) is 4.98 Å². The Morgan fingerprint density at radius 1 is 1.30 bits per heavy atom. The minimum absolute atomic E-state index is 0.00781. The molecule has 0 fully saturated rings. The van der Waals surface area contributed by atoms with E-state index in [1.807, 2.05) is 12.1 Å². The summed E-state index contributed by atoms with van der Waals surface area (Å²) in [6.07, 6.45) is 3.73. The van der Waals surface area contributed by atoms with Crippen LogP contribution in [-0.2, 0) is 11.2 Å². The first-order chi connectivity index (χ1) is 9.63. The van der Waals surface area contributed by atoms with Crippen molar-refractivity contribution in [3.05, 3.63) is 52.6 Å². The number of carbonyl (C=O) groups excluding carboxylic acids is 1. The van der Waals surface area contributed by atoms with Gasteiger partial charge in [0.2, 0.25) is 5.91 Å². The molecule has 0 bridgehead atoms. The SMILES string of the molecule is Nc1ccc(NC(=O)CCCc2cccc(Br)c2)cn1. The summed E-state index contributed by atoms with van der Waals surface area (Å²) in [5, 5.41) is 2.80. The molecule has 0 spiro atoms. The summed E-state index contributed by atoms with van der Waals surface area (Å²) in [5.74, 6) is 0.434. The molecular formula is C15H16BrN3O. The van der Waals surface area contributed by atoms with Crippen LogP contribution in [0, 0.1) is 0 Å². The second kappa shape index (κ2) is 7.05. The lowest BCUT2D eigenvalue weighted by Crippen LogP contribution is -2.11. The highest BCUT2D eigenvalue weighted by Crippen LogP contribution is 2.14. The number of nitrogen functional groups attached to an aromatic ring is 1. The predicted molar refractivity (Wildman–Crippen MR) is 84.4 cm³/mol. The van der Waals surface area contributed by atoms with Gasteiger partial charge in [0.05, 0.1) is 11.9 Å². The Labute approximate surface area is 126 Å². The molecule has 0 radical (unpaired) electrons. The van der Waals surface area contributed by atoms with Gasteiger partial charge in [0.15, 0.2) is 0 Å². The van der Waals surface area contributed by atoms with Crippen LogP contribution in [0.3, 0.4) is 0 Å². The number of rotatable bonds is 5. The fourth-order valence-electron chi connectivity index (χ4n) is 1.85. The molecule has 2 rings (SSSR count). The Balaban J connectivity index is 1.76. The van der Waals surface area contributed by atoms with E-state index in [1.165, 1.54) is 5.56 Å². The zero-order valence-electron chi connectivity index (χ0n) is 11.0. The molecule has 5 heteroatoms. The maximum absolute atomic E-state index is 11.8. The third-order valence-corrected chi connectivity index (χ3v) is 3.32. The van der Waals surface area contributed by atoms with E-state index in [4.69, 9.17) is 5.73 Å². The topological polar surface area (TPSA) is 68.0 Å². The number of carbonyl (C=O) groups is 1. The molecule has 0 unspecified atom stereocenters.